The Morgan fingerprint density at radius 2 is 1.41 bits per heavy atom. The minimum absolute atomic E-state index is 0. The molecule has 0 radical (unpaired) electrons. The second-order valence-electron chi connectivity index (χ2n) is 6.95. The van der Waals surface area contributed by atoms with Gasteiger partial charge in [0, 0.05) is 11.3 Å². The van der Waals surface area contributed by atoms with Crippen LogP contribution in [0.2, 0.25) is 0 Å². The summed E-state index contributed by atoms with van der Waals surface area (Å²) >= 11 is 0. The van der Waals surface area contributed by atoms with Crippen molar-refractivity contribution in [2.75, 3.05) is 18.4 Å². The van der Waals surface area contributed by atoms with Crippen LogP contribution in [-0.4, -0.2) is 30.7 Å². The maximum absolute atomic E-state index is 12.5. The van der Waals surface area contributed by atoms with E-state index >= 15 is 0 Å². The van der Waals surface area contributed by atoms with E-state index in [1.165, 1.54) is 0 Å². The molecule has 2 amide bonds. The lowest BCUT2D eigenvalue weighted by molar-refractivity contribution is -0.125. The Balaban J connectivity index is 0.00000363. The molecule has 0 aliphatic rings. The van der Waals surface area contributed by atoms with Gasteiger partial charge in [-0.3, -0.25) is 15.0 Å². The Morgan fingerprint density at radius 1 is 0.812 bits per heavy atom. The van der Waals surface area contributed by atoms with Crippen molar-refractivity contribution in [1.82, 2.24) is 10.6 Å². The number of hydrogen-bond donors (Lipinski definition) is 5. The number of carbonyl (C=O) groups excluding carboxylic acids is 2. The van der Waals surface area contributed by atoms with E-state index < -0.39 is 0 Å². The van der Waals surface area contributed by atoms with Gasteiger partial charge in [0.05, 0.1) is 19.1 Å². The summed E-state index contributed by atoms with van der Waals surface area (Å²) in [6.45, 7) is -0.139. The number of anilines is 1. The van der Waals surface area contributed by atoms with Crippen LogP contribution in [0.15, 0.2) is 84.9 Å². The zero-order valence-electron chi connectivity index (χ0n) is 17.4. The first-order valence-corrected chi connectivity index (χ1v) is 9.87. The summed E-state index contributed by atoms with van der Waals surface area (Å²) in [5.41, 5.74) is 8.63. The van der Waals surface area contributed by atoms with E-state index in [1.807, 2.05) is 60.7 Å². The molecule has 8 heteroatoms. The highest BCUT2D eigenvalue weighted by atomic mass is 35.5. The average Bonchev–Trinajstić information content (AvgIpc) is 2.81. The second-order valence-corrected chi connectivity index (χ2v) is 6.95. The molecule has 0 unspecified atom stereocenters. The molecular weight excluding hydrogens is 426 g/mol. The van der Waals surface area contributed by atoms with Gasteiger partial charge in [0.2, 0.25) is 11.8 Å². The van der Waals surface area contributed by atoms with Crippen LogP contribution < -0.4 is 21.7 Å². The molecule has 0 atom stereocenters. The third-order valence-corrected chi connectivity index (χ3v) is 4.64. The van der Waals surface area contributed by atoms with Gasteiger partial charge in [-0.2, -0.15) is 0 Å². The van der Waals surface area contributed by atoms with Gasteiger partial charge < -0.3 is 21.7 Å². The van der Waals surface area contributed by atoms with Gasteiger partial charge in [0.25, 0.3) is 0 Å². The molecule has 7 nitrogen and oxygen atoms in total. The van der Waals surface area contributed by atoms with Crippen molar-refractivity contribution in [3.63, 3.8) is 0 Å². The molecule has 0 spiro atoms. The molecule has 3 aromatic carbocycles. The summed E-state index contributed by atoms with van der Waals surface area (Å²) < 4.78 is 0. The van der Waals surface area contributed by atoms with Crippen molar-refractivity contribution in [2.24, 2.45) is 5.73 Å². The predicted molar refractivity (Wildman–Crippen MR) is 129 cm³/mol. The van der Waals surface area contributed by atoms with Gasteiger partial charge in [-0.25, -0.2) is 0 Å². The quantitative estimate of drug-likeness (QED) is 0.254. The van der Waals surface area contributed by atoms with E-state index in [4.69, 9.17) is 11.1 Å². The monoisotopic (exact) mass is 451 g/mol. The van der Waals surface area contributed by atoms with Crippen LogP contribution in [-0.2, 0) is 9.59 Å². The highest BCUT2D eigenvalue weighted by Crippen LogP contribution is 2.21. The highest BCUT2D eigenvalue weighted by molar-refractivity contribution is 5.96. The zero-order chi connectivity index (χ0) is 22.1. The Labute approximate surface area is 193 Å². The largest absolute Gasteiger partial charge is 0.384 e. The van der Waals surface area contributed by atoms with Crippen LogP contribution in [0.3, 0.4) is 0 Å². The number of rotatable bonds is 9. The molecule has 0 saturated heterocycles. The highest BCUT2D eigenvalue weighted by Gasteiger charge is 2.16. The topological polar surface area (TPSA) is 120 Å². The third-order valence-electron chi connectivity index (χ3n) is 4.64. The smallest absolute Gasteiger partial charge is 0.240 e. The summed E-state index contributed by atoms with van der Waals surface area (Å²) in [7, 11) is 0. The fourth-order valence-electron chi connectivity index (χ4n) is 3.08. The molecule has 0 saturated carbocycles. The zero-order valence-corrected chi connectivity index (χ0v) is 18.2. The van der Waals surface area contributed by atoms with Crippen LogP contribution in [0.25, 0.3) is 0 Å². The number of benzene rings is 3. The number of nitrogen functional groups attached to an aromatic ring is 1. The van der Waals surface area contributed by atoms with Crippen molar-refractivity contribution in [3.05, 3.63) is 102 Å². The maximum atomic E-state index is 12.5. The number of hydrogen-bond acceptors (Lipinski definition) is 4. The van der Waals surface area contributed by atoms with Crippen molar-refractivity contribution in [2.45, 2.75) is 6.04 Å². The Hall–Kier alpha value is -3.84. The summed E-state index contributed by atoms with van der Waals surface area (Å²) in [4.78, 5) is 24.7. The summed E-state index contributed by atoms with van der Waals surface area (Å²) in [6, 6.07) is 26.0. The predicted octanol–water partition coefficient (Wildman–Crippen LogP) is 2.83. The Morgan fingerprint density at radius 3 is 1.97 bits per heavy atom. The van der Waals surface area contributed by atoms with Crippen molar-refractivity contribution in [1.29, 1.82) is 5.41 Å². The molecule has 3 rings (SSSR count). The number of nitrogens with two attached hydrogens (primary N) is 1. The van der Waals surface area contributed by atoms with Crippen LogP contribution in [0.4, 0.5) is 5.69 Å². The molecule has 6 N–H and O–H groups in total. The van der Waals surface area contributed by atoms with E-state index in [1.54, 1.807) is 24.3 Å². The Kier molecular flexibility index (Phi) is 9.25. The minimum atomic E-state index is -0.320. The molecule has 0 bridgehead atoms. The van der Waals surface area contributed by atoms with Gasteiger partial charge in [-0.05, 0) is 23.3 Å². The molecular formula is C24H26ClN5O2. The summed E-state index contributed by atoms with van der Waals surface area (Å²) in [5.74, 6) is -0.653. The van der Waals surface area contributed by atoms with E-state index in [9.17, 15) is 9.59 Å². The van der Waals surface area contributed by atoms with Gasteiger partial charge in [0.15, 0.2) is 0 Å². The fourth-order valence-corrected chi connectivity index (χ4v) is 3.08. The first kappa shape index (κ1) is 24.4. The fraction of sp³-hybridized carbons (Fsp3) is 0.125. The van der Waals surface area contributed by atoms with E-state index in [0.29, 0.717) is 11.3 Å². The first-order valence-electron chi connectivity index (χ1n) is 9.87. The third kappa shape index (κ3) is 7.14. The molecule has 32 heavy (non-hydrogen) atoms. The standard InChI is InChI=1S/C24H25N5O2.ClH/c25-24(26)19-12-7-13-20(14-19)27-15-21(30)28-16-22(31)29-23(17-8-3-1-4-9-17)18-10-5-2-6-11-18;/h1-14,23,27H,15-16H2,(H3,25,26)(H,28,30)(H,29,31);1H. The molecule has 0 aromatic heterocycles. The van der Waals surface area contributed by atoms with E-state index in [-0.39, 0.29) is 49.2 Å². The average molecular weight is 452 g/mol. The molecule has 0 aliphatic heterocycles. The SMILES string of the molecule is Cl.N=C(N)c1cccc(NCC(=O)NCC(=O)NC(c2ccccc2)c2ccccc2)c1. The van der Waals surface area contributed by atoms with E-state index in [2.05, 4.69) is 16.0 Å². The van der Waals surface area contributed by atoms with Crippen molar-refractivity contribution >= 4 is 35.7 Å². The number of carbonyl (C=O) groups is 2. The van der Waals surface area contributed by atoms with Crippen LogP contribution in [0.1, 0.15) is 22.7 Å². The summed E-state index contributed by atoms with van der Waals surface area (Å²) in [6.07, 6.45) is 0. The van der Waals surface area contributed by atoms with Crippen LogP contribution in [0.5, 0.6) is 0 Å². The minimum Gasteiger partial charge on any atom is -0.384 e. The lowest BCUT2D eigenvalue weighted by Gasteiger charge is -2.20. The first-order chi connectivity index (χ1) is 15.0. The van der Waals surface area contributed by atoms with Crippen molar-refractivity contribution in [3.8, 4) is 0 Å². The van der Waals surface area contributed by atoms with Gasteiger partial charge in [-0.1, -0.05) is 72.8 Å². The molecule has 3 aromatic rings. The summed E-state index contributed by atoms with van der Waals surface area (Å²) in [5, 5.41) is 16.0. The normalized spacial score (nSPS) is 10.0. The molecule has 0 fully saturated rings. The van der Waals surface area contributed by atoms with E-state index in [0.717, 1.165) is 11.1 Å². The van der Waals surface area contributed by atoms with Gasteiger partial charge in [-0.15, -0.1) is 12.4 Å². The number of nitrogens with one attached hydrogen (secondary N) is 4. The lowest BCUT2D eigenvalue weighted by Crippen LogP contribution is -2.40. The molecule has 166 valence electrons. The van der Waals surface area contributed by atoms with Gasteiger partial charge >= 0.3 is 0 Å². The molecule has 0 aliphatic carbocycles. The number of amidine groups is 1. The second kappa shape index (κ2) is 12.1. The number of halogens is 1. The van der Waals surface area contributed by atoms with Gasteiger partial charge in [0.1, 0.15) is 5.84 Å². The molecule has 0 heterocycles. The lowest BCUT2D eigenvalue weighted by atomic mass is 9.99. The Bertz CT molecular complexity index is 1010. The van der Waals surface area contributed by atoms with Crippen LogP contribution >= 0.6 is 12.4 Å². The number of amides is 2. The van der Waals surface area contributed by atoms with Crippen LogP contribution in [0, 0.1) is 5.41 Å². The van der Waals surface area contributed by atoms with Crippen molar-refractivity contribution < 1.29 is 9.59 Å². The maximum Gasteiger partial charge on any atom is 0.240 e.